The summed E-state index contributed by atoms with van der Waals surface area (Å²) in [5.74, 6) is -1.09. The minimum atomic E-state index is -0.704. The zero-order chi connectivity index (χ0) is 16.2. The molecule has 0 aromatic heterocycles. The second-order valence-corrected chi connectivity index (χ2v) is 4.00. The zero-order valence-electron chi connectivity index (χ0n) is 12.0. The summed E-state index contributed by atoms with van der Waals surface area (Å²) in [6.45, 7) is 2.46. The van der Waals surface area contributed by atoms with E-state index in [9.17, 15) is 19.7 Å². The van der Waals surface area contributed by atoms with Gasteiger partial charge in [-0.3, -0.25) is 19.7 Å². The maximum absolute atomic E-state index is 11.3. The van der Waals surface area contributed by atoms with Crippen LogP contribution in [0.1, 0.15) is 13.8 Å². The lowest BCUT2D eigenvalue weighted by Crippen LogP contribution is -2.13. The molecule has 0 fully saturated rings. The van der Waals surface area contributed by atoms with Crippen LogP contribution >= 0.6 is 0 Å². The molecule has 114 valence electrons. The van der Waals surface area contributed by atoms with E-state index in [2.05, 4.69) is 10.6 Å². The average molecular weight is 297 g/mol. The fourth-order valence-electron chi connectivity index (χ4n) is 1.75. The summed E-state index contributed by atoms with van der Waals surface area (Å²) in [6, 6.07) is 1.25. The van der Waals surface area contributed by atoms with Gasteiger partial charge in [0, 0.05) is 19.9 Å². The lowest BCUT2D eigenvalue weighted by Gasteiger charge is -2.16. The van der Waals surface area contributed by atoms with Gasteiger partial charge in [-0.25, -0.2) is 0 Å². The molecule has 2 N–H and O–H groups in total. The average Bonchev–Trinajstić information content (AvgIpc) is 2.36. The lowest BCUT2D eigenvalue weighted by atomic mass is 10.2. The standard InChI is InChI=1S/C12H15N3O6/c1-6(16)13-8-5-9(20-3)11(15(18)19)10(12(8)21-4)14-7(2)17/h5H,1-4H3,(H,13,16)(H,14,17). The SMILES string of the molecule is COc1cc(NC(C)=O)c(OC)c(NC(C)=O)c1[N+](=O)[O-]. The van der Waals surface area contributed by atoms with E-state index in [0.29, 0.717) is 0 Å². The number of carbonyl (C=O) groups excluding carboxylic acids is 2. The molecule has 21 heavy (non-hydrogen) atoms. The molecule has 0 saturated carbocycles. The Morgan fingerprint density at radius 3 is 2.10 bits per heavy atom. The number of anilines is 2. The predicted octanol–water partition coefficient (Wildman–Crippen LogP) is 1.53. The van der Waals surface area contributed by atoms with Crippen molar-refractivity contribution in [2.45, 2.75) is 13.8 Å². The number of methoxy groups -OCH3 is 2. The third kappa shape index (κ3) is 3.59. The Labute approximate surface area is 120 Å². The summed E-state index contributed by atoms with van der Waals surface area (Å²) in [7, 11) is 2.51. The first-order chi connectivity index (χ1) is 9.81. The van der Waals surface area contributed by atoms with E-state index in [4.69, 9.17) is 9.47 Å². The molecule has 0 spiro atoms. The van der Waals surface area contributed by atoms with Crippen molar-refractivity contribution in [1.82, 2.24) is 0 Å². The Morgan fingerprint density at radius 2 is 1.71 bits per heavy atom. The van der Waals surface area contributed by atoms with Gasteiger partial charge in [-0.15, -0.1) is 0 Å². The van der Waals surface area contributed by atoms with Crippen molar-refractivity contribution in [3.05, 3.63) is 16.2 Å². The Hall–Kier alpha value is -2.84. The van der Waals surface area contributed by atoms with Gasteiger partial charge >= 0.3 is 5.69 Å². The molecule has 2 amide bonds. The van der Waals surface area contributed by atoms with Crippen molar-refractivity contribution in [2.24, 2.45) is 0 Å². The first kappa shape index (κ1) is 16.2. The van der Waals surface area contributed by atoms with Gasteiger partial charge in [-0.1, -0.05) is 0 Å². The molecule has 0 aliphatic rings. The predicted molar refractivity (Wildman–Crippen MR) is 74.8 cm³/mol. The lowest BCUT2D eigenvalue weighted by molar-refractivity contribution is -0.384. The van der Waals surface area contributed by atoms with E-state index in [0.717, 1.165) is 0 Å². The highest BCUT2D eigenvalue weighted by atomic mass is 16.6. The Morgan fingerprint density at radius 1 is 1.14 bits per heavy atom. The van der Waals surface area contributed by atoms with E-state index in [1.165, 1.54) is 34.1 Å². The van der Waals surface area contributed by atoms with Crippen molar-refractivity contribution in [2.75, 3.05) is 24.9 Å². The number of hydrogen-bond donors (Lipinski definition) is 2. The number of ether oxygens (including phenoxy) is 2. The van der Waals surface area contributed by atoms with Gasteiger partial charge in [0.15, 0.2) is 11.4 Å². The Kier molecular flexibility index (Phi) is 5.06. The first-order valence-corrected chi connectivity index (χ1v) is 5.80. The number of hydrogen-bond acceptors (Lipinski definition) is 6. The van der Waals surface area contributed by atoms with Crippen LogP contribution in [-0.4, -0.2) is 31.0 Å². The van der Waals surface area contributed by atoms with E-state index < -0.39 is 22.4 Å². The Balaban J connectivity index is 3.67. The fourth-order valence-corrected chi connectivity index (χ4v) is 1.75. The molecule has 0 unspecified atom stereocenters. The molecule has 0 saturated heterocycles. The number of nitro groups is 1. The second kappa shape index (κ2) is 6.55. The van der Waals surface area contributed by atoms with Gasteiger partial charge in [-0.2, -0.15) is 0 Å². The van der Waals surface area contributed by atoms with E-state index in [-0.39, 0.29) is 22.9 Å². The zero-order valence-corrected chi connectivity index (χ0v) is 12.0. The van der Waals surface area contributed by atoms with Crippen molar-refractivity contribution in [3.8, 4) is 11.5 Å². The third-order valence-electron chi connectivity index (χ3n) is 2.44. The summed E-state index contributed by atoms with van der Waals surface area (Å²) < 4.78 is 10.0. The minimum Gasteiger partial charge on any atom is -0.492 e. The van der Waals surface area contributed by atoms with E-state index in [1.54, 1.807) is 0 Å². The van der Waals surface area contributed by atoms with Crippen molar-refractivity contribution < 1.29 is 24.0 Å². The van der Waals surface area contributed by atoms with Crippen LogP contribution < -0.4 is 20.1 Å². The second-order valence-electron chi connectivity index (χ2n) is 4.00. The normalized spacial score (nSPS) is 9.71. The van der Waals surface area contributed by atoms with Crippen molar-refractivity contribution >= 4 is 28.9 Å². The number of rotatable bonds is 5. The van der Waals surface area contributed by atoms with Crippen LogP contribution in [0.25, 0.3) is 0 Å². The van der Waals surface area contributed by atoms with Crippen LogP contribution in [0.2, 0.25) is 0 Å². The van der Waals surface area contributed by atoms with Crippen LogP contribution in [0.5, 0.6) is 11.5 Å². The maximum atomic E-state index is 11.3. The summed E-state index contributed by atoms with van der Waals surface area (Å²) in [5.41, 5.74) is -0.493. The number of nitro benzene ring substituents is 1. The van der Waals surface area contributed by atoms with Gasteiger partial charge < -0.3 is 20.1 Å². The van der Waals surface area contributed by atoms with Gasteiger partial charge in [0.1, 0.15) is 0 Å². The fraction of sp³-hybridized carbons (Fsp3) is 0.333. The molecule has 9 nitrogen and oxygen atoms in total. The molecule has 0 aliphatic heterocycles. The number of amides is 2. The van der Waals surface area contributed by atoms with Gasteiger partial charge in [0.05, 0.1) is 24.8 Å². The van der Waals surface area contributed by atoms with Gasteiger partial charge in [-0.05, 0) is 0 Å². The third-order valence-corrected chi connectivity index (χ3v) is 2.44. The first-order valence-electron chi connectivity index (χ1n) is 5.80. The minimum absolute atomic E-state index is 0.0344. The molecule has 1 aromatic rings. The summed E-state index contributed by atoms with van der Waals surface area (Å²) in [4.78, 5) is 33.0. The van der Waals surface area contributed by atoms with E-state index >= 15 is 0 Å². The van der Waals surface area contributed by atoms with Crippen LogP contribution in [0.3, 0.4) is 0 Å². The summed E-state index contributed by atoms with van der Waals surface area (Å²) in [6.07, 6.45) is 0. The molecule has 0 bridgehead atoms. The molecule has 1 aromatic carbocycles. The molecular weight excluding hydrogens is 282 g/mol. The van der Waals surface area contributed by atoms with Crippen LogP contribution in [0, 0.1) is 10.1 Å². The smallest absolute Gasteiger partial charge is 0.338 e. The Bertz CT molecular complexity index is 599. The maximum Gasteiger partial charge on any atom is 0.338 e. The largest absolute Gasteiger partial charge is 0.492 e. The summed E-state index contributed by atoms with van der Waals surface area (Å²) in [5, 5.41) is 16.0. The summed E-state index contributed by atoms with van der Waals surface area (Å²) >= 11 is 0. The molecule has 0 heterocycles. The van der Waals surface area contributed by atoms with Crippen LogP contribution in [-0.2, 0) is 9.59 Å². The quantitative estimate of drug-likeness (QED) is 0.628. The molecule has 0 atom stereocenters. The monoisotopic (exact) mass is 297 g/mol. The molecule has 1 rings (SSSR count). The van der Waals surface area contributed by atoms with Crippen LogP contribution in [0.15, 0.2) is 6.07 Å². The van der Waals surface area contributed by atoms with Gasteiger partial charge in [0.25, 0.3) is 0 Å². The van der Waals surface area contributed by atoms with Crippen molar-refractivity contribution in [1.29, 1.82) is 0 Å². The number of nitrogens with zero attached hydrogens (tertiary/aromatic N) is 1. The molecule has 0 radical (unpaired) electrons. The molecular formula is C12H15N3O6. The molecule has 9 heteroatoms. The van der Waals surface area contributed by atoms with Crippen molar-refractivity contribution in [3.63, 3.8) is 0 Å². The number of carbonyl (C=O) groups is 2. The highest BCUT2D eigenvalue weighted by Gasteiger charge is 2.29. The highest BCUT2D eigenvalue weighted by molar-refractivity contribution is 6.00. The topological polar surface area (TPSA) is 120 Å². The molecule has 0 aliphatic carbocycles. The number of benzene rings is 1. The highest BCUT2D eigenvalue weighted by Crippen LogP contribution is 2.46. The van der Waals surface area contributed by atoms with E-state index in [1.807, 2.05) is 0 Å². The number of nitrogens with one attached hydrogen (secondary N) is 2. The van der Waals surface area contributed by atoms with Crippen LogP contribution in [0.4, 0.5) is 17.1 Å². The van der Waals surface area contributed by atoms with Gasteiger partial charge in [0.2, 0.25) is 17.6 Å².